The first-order valence-electron chi connectivity index (χ1n) is 8.27. The van der Waals surface area contributed by atoms with Crippen molar-refractivity contribution in [3.63, 3.8) is 0 Å². The molecule has 1 saturated heterocycles. The summed E-state index contributed by atoms with van der Waals surface area (Å²) in [6.07, 6.45) is 0.164. The van der Waals surface area contributed by atoms with Crippen LogP contribution in [0.3, 0.4) is 0 Å². The van der Waals surface area contributed by atoms with Gasteiger partial charge in [0.25, 0.3) is 5.91 Å². The van der Waals surface area contributed by atoms with Crippen molar-refractivity contribution in [3.8, 4) is 5.88 Å². The second-order valence-electron chi connectivity index (χ2n) is 6.30. The molecule has 0 aliphatic carbocycles. The molecule has 150 valence electrons. The molecule has 1 amide bonds. The average molecular weight is 409 g/mol. The van der Waals surface area contributed by atoms with E-state index in [1.54, 1.807) is 6.92 Å². The molecule has 0 spiro atoms. The Bertz CT molecular complexity index is 871. The molecule has 2 heterocycles. The smallest absolute Gasteiger partial charge is 0.275 e. The highest BCUT2D eigenvalue weighted by Crippen LogP contribution is 2.45. The molecule has 1 aliphatic heterocycles. The van der Waals surface area contributed by atoms with Gasteiger partial charge in [-0.15, -0.1) is 11.8 Å². The van der Waals surface area contributed by atoms with Gasteiger partial charge in [-0.2, -0.15) is 0 Å². The van der Waals surface area contributed by atoms with Gasteiger partial charge in [0.05, 0.1) is 29.6 Å². The standard InChI is InChI=1S/C17H20FN5O4S/c1-17(16(26)23-15(25)13(19)28-17)9-5-8(3-4-10(9)18)22-14(24)11-6-21-12(27-2)7-20-11/h3-7,13,15-16,23,25-26H,19H2,1-2H3,(H,22,24)/t13?,15?,16?,17-/m1/s1. The third kappa shape index (κ3) is 3.93. The number of nitrogens with one attached hydrogen (secondary N) is 2. The summed E-state index contributed by atoms with van der Waals surface area (Å²) in [5.74, 6) is -0.857. The van der Waals surface area contributed by atoms with Crippen LogP contribution in [0.1, 0.15) is 23.0 Å². The average Bonchev–Trinajstić information content (AvgIpc) is 2.68. The lowest BCUT2D eigenvalue weighted by Gasteiger charge is -2.43. The molecule has 3 unspecified atom stereocenters. The molecule has 0 radical (unpaired) electrons. The van der Waals surface area contributed by atoms with E-state index < -0.39 is 34.3 Å². The van der Waals surface area contributed by atoms with E-state index in [9.17, 15) is 19.4 Å². The van der Waals surface area contributed by atoms with E-state index in [4.69, 9.17) is 10.5 Å². The molecule has 6 N–H and O–H groups in total. The van der Waals surface area contributed by atoms with E-state index in [-0.39, 0.29) is 17.1 Å². The number of ether oxygens (including phenoxy) is 1. The normalized spacial score (nSPS) is 27.3. The zero-order valence-corrected chi connectivity index (χ0v) is 15.9. The molecular weight excluding hydrogens is 389 g/mol. The maximum Gasteiger partial charge on any atom is 0.275 e. The number of thioether (sulfide) groups is 1. The first-order valence-corrected chi connectivity index (χ1v) is 9.15. The Labute approximate surface area is 164 Å². The van der Waals surface area contributed by atoms with Crippen molar-refractivity contribution in [2.45, 2.75) is 29.5 Å². The number of aromatic nitrogens is 2. The summed E-state index contributed by atoms with van der Waals surface area (Å²) in [5.41, 5.74) is 6.32. The fourth-order valence-electron chi connectivity index (χ4n) is 2.76. The van der Waals surface area contributed by atoms with E-state index >= 15 is 0 Å². The number of nitrogens with two attached hydrogens (primary N) is 1. The van der Waals surface area contributed by atoms with Crippen LogP contribution in [-0.4, -0.2) is 51.0 Å². The van der Waals surface area contributed by atoms with E-state index in [2.05, 4.69) is 20.6 Å². The molecule has 4 atom stereocenters. The summed E-state index contributed by atoms with van der Waals surface area (Å²) in [7, 11) is 1.43. The van der Waals surface area contributed by atoms with Crippen molar-refractivity contribution in [1.29, 1.82) is 0 Å². The number of carbonyl (C=O) groups is 1. The predicted molar refractivity (Wildman–Crippen MR) is 101 cm³/mol. The quantitative estimate of drug-likeness (QED) is 0.483. The predicted octanol–water partition coefficient (Wildman–Crippen LogP) is 0.350. The lowest BCUT2D eigenvalue weighted by atomic mass is 9.96. The fourth-order valence-corrected chi connectivity index (χ4v) is 4.01. The fraction of sp³-hybridized carbons (Fsp3) is 0.353. The number of rotatable bonds is 4. The van der Waals surface area contributed by atoms with Crippen LogP contribution in [0.2, 0.25) is 0 Å². The number of benzene rings is 1. The van der Waals surface area contributed by atoms with Crippen LogP contribution in [0, 0.1) is 5.82 Å². The summed E-state index contributed by atoms with van der Waals surface area (Å²) in [6.45, 7) is 1.60. The van der Waals surface area contributed by atoms with Crippen molar-refractivity contribution >= 4 is 23.4 Å². The largest absolute Gasteiger partial charge is 0.480 e. The number of methoxy groups -OCH3 is 1. The monoisotopic (exact) mass is 409 g/mol. The first kappa shape index (κ1) is 20.4. The third-order valence-corrected chi connectivity index (χ3v) is 5.83. The number of aliphatic hydroxyl groups is 2. The molecule has 1 fully saturated rings. The van der Waals surface area contributed by atoms with Crippen LogP contribution in [0.4, 0.5) is 10.1 Å². The summed E-state index contributed by atoms with van der Waals surface area (Å²) in [5, 5.41) is 24.5. The van der Waals surface area contributed by atoms with Crippen LogP contribution >= 0.6 is 11.8 Å². The molecule has 2 aromatic rings. The highest BCUT2D eigenvalue weighted by Gasteiger charge is 2.45. The van der Waals surface area contributed by atoms with Gasteiger partial charge in [-0.1, -0.05) is 0 Å². The molecule has 9 nitrogen and oxygen atoms in total. The lowest BCUT2D eigenvalue weighted by Crippen LogP contribution is -2.60. The molecule has 1 aromatic heterocycles. The number of hydrogen-bond acceptors (Lipinski definition) is 9. The molecule has 1 aromatic carbocycles. The Hall–Kier alpha value is -2.31. The maximum absolute atomic E-state index is 14.5. The Morgan fingerprint density at radius 2 is 2.14 bits per heavy atom. The SMILES string of the molecule is COc1cnc(C(=O)Nc2ccc(F)c([C@@]3(C)SC(N)C(O)NC3O)c2)cn1. The van der Waals surface area contributed by atoms with Gasteiger partial charge < -0.3 is 26.0 Å². The van der Waals surface area contributed by atoms with Crippen molar-refractivity contribution in [2.75, 3.05) is 12.4 Å². The Morgan fingerprint density at radius 3 is 2.79 bits per heavy atom. The number of carbonyl (C=O) groups excluding carboxylic acids is 1. The van der Waals surface area contributed by atoms with Gasteiger partial charge in [-0.25, -0.2) is 14.4 Å². The van der Waals surface area contributed by atoms with Crippen LogP contribution in [0.15, 0.2) is 30.6 Å². The molecule has 0 bridgehead atoms. The number of nitrogens with zero attached hydrogens (tertiary/aromatic N) is 2. The summed E-state index contributed by atoms with van der Waals surface area (Å²) < 4.78 is 18.2. The van der Waals surface area contributed by atoms with Gasteiger partial charge in [0, 0.05) is 11.3 Å². The lowest BCUT2D eigenvalue weighted by molar-refractivity contribution is 0.0103. The number of anilines is 1. The van der Waals surface area contributed by atoms with E-state index in [1.807, 2.05) is 0 Å². The zero-order chi connectivity index (χ0) is 20.5. The second kappa shape index (κ2) is 7.97. The van der Waals surface area contributed by atoms with Crippen LogP contribution in [0.5, 0.6) is 5.88 Å². The van der Waals surface area contributed by atoms with E-state index in [1.165, 1.54) is 37.7 Å². The Kier molecular flexibility index (Phi) is 5.82. The molecule has 0 saturated carbocycles. The highest BCUT2D eigenvalue weighted by molar-refractivity contribution is 8.00. The van der Waals surface area contributed by atoms with E-state index in [0.29, 0.717) is 5.69 Å². The molecule has 1 aliphatic rings. The number of aliphatic hydroxyl groups excluding tert-OH is 2. The Morgan fingerprint density at radius 1 is 1.39 bits per heavy atom. The van der Waals surface area contributed by atoms with Gasteiger partial charge in [0.2, 0.25) is 5.88 Å². The van der Waals surface area contributed by atoms with Crippen molar-refractivity contribution in [2.24, 2.45) is 5.73 Å². The Balaban J connectivity index is 1.85. The van der Waals surface area contributed by atoms with Crippen LogP contribution in [0.25, 0.3) is 0 Å². The minimum absolute atomic E-state index is 0.0526. The highest BCUT2D eigenvalue weighted by atomic mass is 32.2. The van der Waals surface area contributed by atoms with Crippen molar-refractivity contribution < 1.29 is 24.1 Å². The van der Waals surface area contributed by atoms with Gasteiger partial charge in [0.1, 0.15) is 24.0 Å². The molecule has 3 rings (SSSR count). The third-order valence-electron chi connectivity index (χ3n) is 4.37. The van der Waals surface area contributed by atoms with E-state index in [0.717, 1.165) is 11.8 Å². The zero-order valence-electron chi connectivity index (χ0n) is 15.1. The first-order chi connectivity index (χ1) is 13.2. The number of amides is 1. The summed E-state index contributed by atoms with van der Waals surface area (Å²) in [6, 6.07) is 3.98. The van der Waals surface area contributed by atoms with Crippen LogP contribution < -0.4 is 21.1 Å². The van der Waals surface area contributed by atoms with Crippen molar-refractivity contribution in [3.05, 3.63) is 47.7 Å². The second-order valence-corrected chi connectivity index (χ2v) is 7.92. The minimum Gasteiger partial charge on any atom is -0.480 e. The van der Waals surface area contributed by atoms with Crippen molar-refractivity contribution in [1.82, 2.24) is 15.3 Å². The molecule has 28 heavy (non-hydrogen) atoms. The van der Waals surface area contributed by atoms with Gasteiger partial charge in [0.15, 0.2) is 0 Å². The maximum atomic E-state index is 14.5. The number of hydrogen-bond donors (Lipinski definition) is 5. The topological polar surface area (TPSA) is 143 Å². The molecule has 11 heteroatoms. The summed E-state index contributed by atoms with van der Waals surface area (Å²) in [4.78, 5) is 20.2. The van der Waals surface area contributed by atoms with Crippen LogP contribution in [-0.2, 0) is 4.75 Å². The molecular formula is C17H20FN5O4S. The van der Waals surface area contributed by atoms with Gasteiger partial charge >= 0.3 is 0 Å². The van der Waals surface area contributed by atoms with Gasteiger partial charge in [-0.3, -0.25) is 10.1 Å². The summed E-state index contributed by atoms with van der Waals surface area (Å²) >= 11 is 1.03. The van der Waals surface area contributed by atoms with Gasteiger partial charge in [-0.05, 0) is 25.1 Å². The minimum atomic E-state index is -1.26. The number of halogens is 1.